The van der Waals surface area contributed by atoms with E-state index < -0.39 is 0 Å². The number of rotatable bonds is 5. The van der Waals surface area contributed by atoms with Crippen molar-refractivity contribution in [3.8, 4) is 5.75 Å². The molecule has 0 radical (unpaired) electrons. The van der Waals surface area contributed by atoms with Crippen molar-refractivity contribution in [2.24, 2.45) is 0 Å². The number of piperazine rings is 1. The van der Waals surface area contributed by atoms with Gasteiger partial charge in [-0.2, -0.15) is 0 Å². The maximum atomic E-state index is 12.3. The molecule has 1 N–H and O–H groups in total. The molecular weight excluding hydrogens is 268 g/mol. The number of amides is 2. The molecule has 5 nitrogen and oxygen atoms in total. The number of nitrogens with one attached hydrogen (secondary N) is 1. The number of carbonyl (C=O) groups excluding carboxylic acids is 2. The minimum atomic E-state index is -0.317. The first-order valence-corrected chi connectivity index (χ1v) is 7.35. The van der Waals surface area contributed by atoms with Gasteiger partial charge in [0, 0.05) is 19.5 Å². The van der Waals surface area contributed by atoms with E-state index in [1.165, 1.54) is 0 Å². The summed E-state index contributed by atoms with van der Waals surface area (Å²) in [6.45, 7) is 3.08. The first-order chi connectivity index (χ1) is 10.2. The van der Waals surface area contributed by atoms with E-state index in [4.69, 9.17) is 4.74 Å². The van der Waals surface area contributed by atoms with Gasteiger partial charge in [-0.1, -0.05) is 19.1 Å². The van der Waals surface area contributed by atoms with Gasteiger partial charge in [0.15, 0.2) is 0 Å². The van der Waals surface area contributed by atoms with Crippen molar-refractivity contribution < 1.29 is 14.3 Å². The van der Waals surface area contributed by atoms with Crippen molar-refractivity contribution >= 4 is 11.8 Å². The third-order valence-corrected chi connectivity index (χ3v) is 3.82. The predicted octanol–water partition coefficient (Wildman–Crippen LogP) is 1.36. The van der Waals surface area contributed by atoms with Crippen molar-refractivity contribution in [2.45, 2.75) is 32.2 Å². The van der Waals surface area contributed by atoms with Crippen molar-refractivity contribution in [3.63, 3.8) is 0 Å². The van der Waals surface area contributed by atoms with Gasteiger partial charge in [0.05, 0.1) is 7.11 Å². The highest BCUT2D eigenvalue weighted by molar-refractivity contribution is 5.88. The van der Waals surface area contributed by atoms with Crippen molar-refractivity contribution in [1.82, 2.24) is 10.2 Å². The average Bonchev–Trinajstić information content (AvgIpc) is 2.52. The number of ether oxygens (including phenoxy) is 1. The quantitative estimate of drug-likeness (QED) is 0.891. The lowest BCUT2D eigenvalue weighted by molar-refractivity contribution is -0.143. The van der Waals surface area contributed by atoms with Crippen LogP contribution >= 0.6 is 0 Å². The highest BCUT2D eigenvalue weighted by Gasteiger charge is 2.30. The van der Waals surface area contributed by atoms with E-state index in [0.29, 0.717) is 32.4 Å². The Morgan fingerprint density at radius 2 is 2.10 bits per heavy atom. The van der Waals surface area contributed by atoms with Gasteiger partial charge in [-0.05, 0) is 30.5 Å². The molecule has 1 saturated heterocycles. The van der Waals surface area contributed by atoms with Gasteiger partial charge in [0.25, 0.3) is 0 Å². The smallest absolute Gasteiger partial charge is 0.242 e. The normalized spacial score (nSPS) is 18.3. The van der Waals surface area contributed by atoms with Gasteiger partial charge in [0.1, 0.15) is 11.8 Å². The molecule has 1 aliphatic rings. The van der Waals surface area contributed by atoms with E-state index in [1.54, 1.807) is 12.0 Å². The standard InChI is InChI=1S/C16H22N2O3/c1-3-14-16(20)17-10-11-18(14)15(19)9-6-12-4-7-13(21-2)8-5-12/h4-5,7-8,14H,3,6,9-11H2,1-2H3,(H,17,20). The number of carbonyl (C=O) groups is 2. The van der Waals surface area contributed by atoms with E-state index in [9.17, 15) is 9.59 Å². The molecule has 1 aliphatic heterocycles. The van der Waals surface area contributed by atoms with Crippen LogP contribution in [0.4, 0.5) is 0 Å². The van der Waals surface area contributed by atoms with Crippen LogP contribution in [0.5, 0.6) is 5.75 Å². The first kappa shape index (κ1) is 15.4. The van der Waals surface area contributed by atoms with Gasteiger partial charge in [0.2, 0.25) is 11.8 Å². The van der Waals surface area contributed by atoms with Crippen molar-refractivity contribution in [2.75, 3.05) is 20.2 Å². The highest BCUT2D eigenvalue weighted by atomic mass is 16.5. The fraction of sp³-hybridized carbons (Fsp3) is 0.500. The molecule has 2 amide bonds. The van der Waals surface area contributed by atoms with Gasteiger partial charge < -0.3 is 15.0 Å². The molecule has 0 saturated carbocycles. The SMILES string of the molecule is CCC1C(=O)NCCN1C(=O)CCc1ccc(OC)cc1. The fourth-order valence-corrected chi connectivity index (χ4v) is 2.61. The lowest BCUT2D eigenvalue weighted by Gasteiger charge is -2.34. The Bertz CT molecular complexity index is 499. The van der Waals surface area contributed by atoms with Gasteiger partial charge in [-0.25, -0.2) is 0 Å². The molecule has 0 aromatic heterocycles. The van der Waals surface area contributed by atoms with E-state index in [0.717, 1.165) is 11.3 Å². The molecule has 1 aromatic rings. The lowest BCUT2D eigenvalue weighted by atomic mass is 10.1. The molecule has 0 aliphatic carbocycles. The zero-order valence-corrected chi connectivity index (χ0v) is 12.6. The molecule has 1 aromatic carbocycles. The predicted molar refractivity (Wildman–Crippen MR) is 80.1 cm³/mol. The van der Waals surface area contributed by atoms with Crippen LogP contribution in [0.2, 0.25) is 0 Å². The van der Waals surface area contributed by atoms with Crippen LogP contribution in [0.15, 0.2) is 24.3 Å². The van der Waals surface area contributed by atoms with Gasteiger partial charge in [-0.3, -0.25) is 9.59 Å². The number of nitrogens with zero attached hydrogens (tertiary/aromatic N) is 1. The molecule has 1 fully saturated rings. The Hall–Kier alpha value is -2.04. The molecule has 0 spiro atoms. The van der Waals surface area contributed by atoms with Gasteiger partial charge in [-0.15, -0.1) is 0 Å². The lowest BCUT2D eigenvalue weighted by Crippen LogP contribution is -2.56. The second-order valence-electron chi connectivity index (χ2n) is 5.15. The number of hydrogen-bond acceptors (Lipinski definition) is 3. The molecule has 1 unspecified atom stereocenters. The van der Waals surface area contributed by atoms with Crippen LogP contribution in [0.3, 0.4) is 0 Å². The Morgan fingerprint density at radius 3 is 2.71 bits per heavy atom. The first-order valence-electron chi connectivity index (χ1n) is 7.35. The average molecular weight is 290 g/mol. The minimum absolute atomic E-state index is 0.0402. The summed E-state index contributed by atoms with van der Waals surface area (Å²) in [4.78, 5) is 25.8. The molecule has 1 atom stereocenters. The van der Waals surface area contributed by atoms with Crippen LogP contribution in [0.25, 0.3) is 0 Å². The van der Waals surface area contributed by atoms with E-state index >= 15 is 0 Å². The van der Waals surface area contributed by atoms with Crippen LogP contribution in [-0.2, 0) is 16.0 Å². The zero-order chi connectivity index (χ0) is 15.2. The third-order valence-electron chi connectivity index (χ3n) is 3.82. The maximum Gasteiger partial charge on any atom is 0.242 e. The second-order valence-corrected chi connectivity index (χ2v) is 5.15. The summed E-state index contributed by atoms with van der Waals surface area (Å²) in [6.07, 6.45) is 1.76. The Kier molecular flexibility index (Phi) is 5.20. The molecule has 0 bridgehead atoms. The monoisotopic (exact) mass is 290 g/mol. The number of benzene rings is 1. The minimum Gasteiger partial charge on any atom is -0.497 e. The second kappa shape index (κ2) is 7.11. The largest absolute Gasteiger partial charge is 0.497 e. The van der Waals surface area contributed by atoms with E-state index in [2.05, 4.69) is 5.32 Å². The van der Waals surface area contributed by atoms with Crippen LogP contribution < -0.4 is 10.1 Å². The maximum absolute atomic E-state index is 12.3. The van der Waals surface area contributed by atoms with Crippen molar-refractivity contribution in [1.29, 1.82) is 0 Å². The topological polar surface area (TPSA) is 58.6 Å². The molecule has 1 heterocycles. The number of aryl methyl sites for hydroxylation is 1. The molecule has 2 rings (SSSR count). The summed E-state index contributed by atoms with van der Waals surface area (Å²) < 4.78 is 5.11. The summed E-state index contributed by atoms with van der Waals surface area (Å²) in [6, 6.07) is 7.40. The summed E-state index contributed by atoms with van der Waals surface area (Å²) in [5.74, 6) is 0.817. The Labute approximate surface area is 125 Å². The van der Waals surface area contributed by atoms with Crippen LogP contribution in [-0.4, -0.2) is 43.0 Å². The Morgan fingerprint density at radius 1 is 1.38 bits per heavy atom. The van der Waals surface area contributed by atoms with E-state index in [1.807, 2.05) is 31.2 Å². The van der Waals surface area contributed by atoms with Gasteiger partial charge >= 0.3 is 0 Å². The summed E-state index contributed by atoms with van der Waals surface area (Å²) >= 11 is 0. The van der Waals surface area contributed by atoms with E-state index in [-0.39, 0.29) is 17.9 Å². The molecule has 114 valence electrons. The fourth-order valence-electron chi connectivity index (χ4n) is 2.61. The molecule has 21 heavy (non-hydrogen) atoms. The summed E-state index contributed by atoms with van der Waals surface area (Å²) in [7, 11) is 1.63. The van der Waals surface area contributed by atoms with Crippen molar-refractivity contribution in [3.05, 3.63) is 29.8 Å². The summed E-state index contributed by atoms with van der Waals surface area (Å²) in [5, 5.41) is 2.81. The van der Waals surface area contributed by atoms with Crippen LogP contribution in [0, 0.1) is 0 Å². The summed E-state index contributed by atoms with van der Waals surface area (Å²) in [5.41, 5.74) is 1.10. The number of hydrogen-bond donors (Lipinski definition) is 1. The third kappa shape index (κ3) is 3.74. The highest BCUT2D eigenvalue weighted by Crippen LogP contribution is 2.15. The number of methoxy groups -OCH3 is 1. The Balaban J connectivity index is 1.92. The molecular formula is C16H22N2O3. The van der Waals surface area contributed by atoms with Crippen LogP contribution in [0.1, 0.15) is 25.3 Å². The zero-order valence-electron chi connectivity index (χ0n) is 12.6. The molecule has 5 heteroatoms.